The van der Waals surface area contributed by atoms with E-state index in [0.29, 0.717) is 0 Å². The SMILES string of the molecule is Br.Br.CCCCCCCCCCCCCCCCCCC=C(C)C. The van der Waals surface area contributed by atoms with Gasteiger partial charge in [0.2, 0.25) is 0 Å². The van der Waals surface area contributed by atoms with Crippen molar-refractivity contribution in [3.63, 3.8) is 0 Å². The van der Waals surface area contributed by atoms with Crippen LogP contribution in [0.3, 0.4) is 0 Å². The highest BCUT2D eigenvalue weighted by Gasteiger charge is 1.94. The minimum Gasteiger partial charge on any atom is -0.114 e. The standard InChI is InChI=1S/C22H44.2BrH/c1-4-5-6-7-8-9-10-11-12-13-14-15-16-17-18-19-20-21-22(2)3;;/h21H,4-20H2,1-3H3;2*1H. The Bertz CT molecular complexity index is 232. The number of allylic oxidation sites excluding steroid dienone is 2. The third kappa shape index (κ3) is 27.5. The van der Waals surface area contributed by atoms with Crippen LogP contribution in [0.4, 0.5) is 0 Å². The maximum atomic E-state index is 2.38. The zero-order valence-corrected chi connectivity index (χ0v) is 20.3. The van der Waals surface area contributed by atoms with Crippen LogP contribution in [0.2, 0.25) is 0 Å². The molecule has 0 nitrogen and oxygen atoms in total. The van der Waals surface area contributed by atoms with E-state index in [4.69, 9.17) is 0 Å². The molecule has 0 atom stereocenters. The van der Waals surface area contributed by atoms with Crippen LogP contribution in [-0.4, -0.2) is 0 Å². The summed E-state index contributed by atoms with van der Waals surface area (Å²) >= 11 is 0. The summed E-state index contributed by atoms with van der Waals surface area (Å²) in [5.41, 5.74) is 1.47. The lowest BCUT2D eigenvalue weighted by molar-refractivity contribution is 0.530. The second-order valence-electron chi connectivity index (χ2n) is 7.37. The van der Waals surface area contributed by atoms with E-state index in [0.717, 1.165) is 0 Å². The molecule has 0 unspecified atom stereocenters. The Morgan fingerprint density at radius 2 is 0.792 bits per heavy atom. The third-order valence-corrected chi connectivity index (χ3v) is 4.61. The van der Waals surface area contributed by atoms with Gasteiger partial charge in [0, 0.05) is 0 Å². The maximum Gasteiger partial charge on any atom is -0.0348 e. The minimum atomic E-state index is 0. The fourth-order valence-electron chi connectivity index (χ4n) is 3.08. The van der Waals surface area contributed by atoms with Crippen molar-refractivity contribution in [3.8, 4) is 0 Å². The highest BCUT2D eigenvalue weighted by atomic mass is 79.9. The van der Waals surface area contributed by atoms with Crippen molar-refractivity contribution in [1.82, 2.24) is 0 Å². The molecule has 0 amide bonds. The summed E-state index contributed by atoms with van der Waals surface area (Å²) < 4.78 is 0. The van der Waals surface area contributed by atoms with Crippen LogP contribution >= 0.6 is 34.0 Å². The van der Waals surface area contributed by atoms with Gasteiger partial charge < -0.3 is 0 Å². The molecule has 24 heavy (non-hydrogen) atoms. The van der Waals surface area contributed by atoms with Crippen LogP contribution in [0, 0.1) is 0 Å². The number of rotatable bonds is 17. The lowest BCUT2D eigenvalue weighted by atomic mass is 10.0. The van der Waals surface area contributed by atoms with Gasteiger partial charge in [-0.1, -0.05) is 115 Å². The topological polar surface area (TPSA) is 0 Å². The fourth-order valence-corrected chi connectivity index (χ4v) is 3.08. The molecule has 0 spiro atoms. The average molecular weight is 470 g/mol. The van der Waals surface area contributed by atoms with Gasteiger partial charge in [-0.2, -0.15) is 0 Å². The molecule has 0 saturated heterocycles. The largest absolute Gasteiger partial charge is 0.114 e. The molecule has 0 aromatic carbocycles. The van der Waals surface area contributed by atoms with Crippen molar-refractivity contribution in [2.24, 2.45) is 0 Å². The summed E-state index contributed by atoms with van der Waals surface area (Å²) in [4.78, 5) is 0. The van der Waals surface area contributed by atoms with Gasteiger partial charge in [-0.05, 0) is 26.7 Å². The van der Waals surface area contributed by atoms with Crippen molar-refractivity contribution in [2.45, 2.75) is 130 Å². The van der Waals surface area contributed by atoms with Crippen molar-refractivity contribution >= 4 is 34.0 Å². The molecular formula is C22H46Br2. The molecule has 0 aromatic rings. The number of hydrogen-bond donors (Lipinski definition) is 0. The molecule has 0 fully saturated rings. The maximum absolute atomic E-state index is 2.38. The van der Waals surface area contributed by atoms with Gasteiger partial charge in [-0.25, -0.2) is 0 Å². The lowest BCUT2D eigenvalue weighted by Gasteiger charge is -2.03. The quantitative estimate of drug-likeness (QED) is 0.147. The molecule has 148 valence electrons. The summed E-state index contributed by atoms with van der Waals surface area (Å²) in [6.07, 6.45) is 27.0. The zero-order chi connectivity index (χ0) is 16.3. The highest BCUT2D eigenvalue weighted by molar-refractivity contribution is 8.93. The molecule has 0 aliphatic heterocycles. The molecule has 0 heterocycles. The number of halogens is 2. The molecule has 0 N–H and O–H groups in total. The Labute approximate surface area is 175 Å². The molecule has 0 radical (unpaired) electrons. The smallest absolute Gasteiger partial charge is 0.0348 e. The van der Waals surface area contributed by atoms with Gasteiger partial charge in [-0.3, -0.25) is 0 Å². The van der Waals surface area contributed by atoms with E-state index >= 15 is 0 Å². The normalized spacial score (nSPS) is 9.96. The first-order chi connectivity index (χ1) is 10.8. The predicted octanol–water partition coefficient (Wildman–Crippen LogP) is 9.76. The average Bonchev–Trinajstić information content (AvgIpc) is 2.50. The van der Waals surface area contributed by atoms with E-state index < -0.39 is 0 Å². The molecule has 0 aliphatic rings. The van der Waals surface area contributed by atoms with E-state index in [-0.39, 0.29) is 34.0 Å². The van der Waals surface area contributed by atoms with Gasteiger partial charge in [-0.15, -0.1) is 34.0 Å². The molecule has 0 rings (SSSR count). The number of hydrogen-bond acceptors (Lipinski definition) is 0. The Morgan fingerprint density at radius 3 is 1.08 bits per heavy atom. The Hall–Kier alpha value is 0.700. The van der Waals surface area contributed by atoms with Gasteiger partial charge in [0.15, 0.2) is 0 Å². The first-order valence-corrected chi connectivity index (χ1v) is 10.4. The molecule has 0 bridgehead atoms. The zero-order valence-electron chi connectivity index (χ0n) is 16.9. The van der Waals surface area contributed by atoms with Gasteiger partial charge in [0.1, 0.15) is 0 Å². The second kappa shape index (κ2) is 25.9. The van der Waals surface area contributed by atoms with E-state index in [9.17, 15) is 0 Å². The molecule has 0 aliphatic carbocycles. The van der Waals surface area contributed by atoms with Crippen molar-refractivity contribution in [3.05, 3.63) is 11.6 Å². The highest BCUT2D eigenvalue weighted by Crippen LogP contribution is 2.14. The summed E-state index contributed by atoms with van der Waals surface area (Å²) in [6, 6.07) is 0. The summed E-state index contributed by atoms with van der Waals surface area (Å²) in [5, 5.41) is 0. The molecule has 0 aromatic heterocycles. The van der Waals surface area contributed by atoms with Crippen molar-refractivity contribution in [1.29, 1.82) is 0 Å². The van der Waals surface area contributed by atoms with E-state index in [1.165, 1.54) is 115 Å². The van der Waals surface area contributed by atoms with Crippen LogP contribution in [0.1, 0.15) is 130 Å². The van der Waals surface area contributed by atoms with E-state index in [1.807, 2.05) is 0 Å². The predicted molar refractivity (Wildman–Crippen MR) is 124 cm³/mol. The Kier molecular flexibility index (Phi) is 31.8. The van der Waals surface area contributed by atoms with Gasteiger partial charge in [0.25, 0.3) is 0 Å². The summed E-state index contributed by atoms with van der Waals surface area (Å²) in [7, 11) is 0. The Morgan fingerprint density at radius 1 is 0.500 bits per heavy atom. The van der Waals surface area contributed by atoms with Crippen molar-refractivity contribution < 1.29 is 0 Å². The first kappa shape index (κ1) is 29.5. The number of unbranched alkanes of at least 4 members (excludes halogenated alkanes) is 16. The lowest BCUT2D eigenvalue weighted by Crippen LogP contribution is -1.83. The fraction of sp³-hybridized carbons (Fsp3) is 0.909. The Balaban J connectivity index is -0.00000220. The van der Waals surface area contributed by atoms with Crippen LogP contribution in [0.5, 0.6) is 0 Å². The molecular weight excluding hydrogens is 424 g/mol. The van der Waals surface area contributed by atoms with E-state index in [1.54, 1.807) is 0 Å². The van der Waals surface area contributed by atoms with Gasteiger partial charge in [0.05, 0.1) is 0 Å². The third-order valence-electron chi connectivity index (χ3n) is 4.61. The summed E-state index contributed by atoms with van der Waals surface area (Å²) in [6.45, 7) is 6.70. The first-order valence-electron chi connectivity index (χ1n) is 10.4. The van der Waals surface area contributed by atoms with Crippen LogP contribution < -0.4 is 0 Å². The minimum absolute atomic E-state index is 0. The van der Waals surface area contributed by atoms with E-state index in [2.05, 4.69) is 26.8 Å². The second-order valence-corrected chi connectivity index (χ2v) is 7.37. The molecule has 2 heteroatoms. The summed E-state index contributed by atoms with van der Waals surface area (Å²) in [5.74, 6) is 0. The monoisotopic (exact) mass is 468 g/mol. The van der Waals surface area contributed by atoms with Crippen LogP contribution in [0.25, 0.3) is 0 Å². The molecule has 0 saturated carbocycles. The van der Waals surface area contributed by atoms with Crippen LogP contribution in [-0.2, 0) is 0 Å². The van der Waals surface area contributed by atoms with Crippen LogP contribution in [0.15, 0.2) is 11.6 Å². The van der Waals surface area contributed by atoms with Crippen molar-refractivity contribution in [2.75, 3.05) is 0 Å². The van der Waals surface area contributed by atoms with Gasteiger partial charge >= 0.3 is 0 Å².